The van der Waals surface area contributed by atoms with E-state index in [1.807, 2.05) is 25.6 Å². The summed E-state index contributed by atoms with van der Waals surface area (Å²) in [5.74, 6) is 0.0896. The smallest absolute Gasteiger partial charge is 0.220 e. The molecule has 23 heavy (non-hydrogen) atoms. The van der Waals surface area contributed by atoms with Gasteiger partial charge in [0.25, 0.3) is 0 Å². The highest BCUT2D eigenvalue weighted by Crippen LogP contribution is 2.14. The van der Waals surface area contributed by atoms with Gasteiger partial charge in [0.2, 0.25) is 5.91 Å². The number of carbonyl (C=O) groups excluding carboxylic acids is 1. The zero-order chi connectivity index (χ0) is 16.7. The molecular weight excluding hydrogens is 294 g/mol. The van der Waals surface area contributed by atoms with Crippen LogP contribution in [-0.2, 0) is 27.7 Å². The number of aryl methyl sites for hydroxylation is 2. The maximum atomic E-state index is 11.9. The van der Waals surface area contributed by atoms with E-state index in [0.717, 1.165) is 43.7 Å². The van der Waals surface area contributed by atoms with E-state index >= 15 is 0 Å². The molecule has 0 aromatic carbocycles. The molecule has 6 nitrogen and oxygen atoms in total. The Morgan fingerprint density at radius 1 is 1.48 bits per heavy atom. The largest absolute Gasteiger partial charge is 0.379 e. The average molecular weight is 323 g/mol. The van der Waals surface area contributed by atoms with Gasteiger partial charge in [-0.05, 0) is 45.1 Å². The Morgan fingerprint density at radius 2 is 2.30 bits per heavy atom. The highest BCUT2D eigenvalue weighted by molar-refractivity contribution is 5.76. The molecule has 0 spiro atoms. The molecule has 1 saturated heterocycles. The molecule has 2 rings (SSSR count). The molecule has 1 unspecified atom stereocenters. The summed E-state index contributed by atoms with van der Waals surface area (Å²) in [7, 11) is 1.93. The fraction of sp³-hybridized carbons (Fsp3) is 0.765. The number of carbonyl (C=O) groups is 1. The lowest BCUT2D eigenvalue weighted by Crippen LogP contribution is -2.26. The minimum absolute atomic E-state index is 0.0896. The van der Waals surface area contributed by atoms with Crippen molar-refractivity contribution in [3.05, 3.63) is 17.0 Å². The highest BCUT2D eigenvalue weighted by atomic mass is 16.5. The van der Waals surface area contributed by atoms with Crippen LogP contribution in [0.1, 0.15) is 42.6 Å². The Hall–Kier alpha value is -1.40. The van der Waals surface area contributed by atoms with Crippen molar-refractivity contribution in [2.45, 2.75) is 52.1 Å². The topological polar surface area (TPSA) is 65.4 Å². The Kier molecular flexibility index (Phi) is 7.05. The molecule has 0 aliphatic carbocycles. The summed E-state index contributed by atoms with van der Waals surface area (Å²) in [6.07, 6.45) is 4.60. The summed E-state index contributed by atoms with van der Waals surface area (Å²) in [6, 6.07) is 0. The molecule has 1 aromatic rings. The normalized spacial score (nSPS) is 17.6. The molecule has 1 fully saturated rings. The van der Waals surface area contributed by atoms with E-state index in [-0.39, 0.29) is 12.0 Å². The third kappa shape index (κ3) is 5.62. The van der Waals surface area contributed by atoms with Gasteiger partial charge in [0.15, 0.2) is 0 Å². The predicted octanol–water partition coefficient (Wildman–Crippen LogP) is 1.67. The van der Waals surface area contributed by atoms with Gasteiger partial charge in [0, 0.05) is 38.9 Å². The first-order chi connectivity index (χ1) is 11.1. The number of hydrogen-bond acceptors (Lipinski definition) is 4. The minimum atomic E-state index is 0.0896. The number of aromatic nitrogens is 2. The van der Waals surface area contributed by atoms with Gasteiger partial charge in [-0.3, -0.25) is 9.48 Å². The molecule has 1 atom stereocenters. The van der Waals surface area contributed by atoms with Crippen LogP contribution in [0.25, 0.3) is 0 Å². The van der Waals surface area contributed by atoms with Crippen LogP contribution in [-0.4, -0.2) is 48.2 Å². The van der Waals surface area contributed by atoms with Gasteiger partial charge >= 0.3 is 0 Å². The second-order valence-electron chi connectivity index (χ2n) is 6.19. The summed E-state index contributed by atoms with van der Waals surface area (Å²) in [5, 5.41) is 7.32. The highest BCUT2D eigenvalue weighted by Gasteiger charge is 2.15. The number of amides is 1. The van der Waals surface area contributed by atoms with Crippen molar-refractivity contribution in [1.82, 2.24) is 15.1 Å². The van der Waals surface area contributed by atoms with Crippen LogP contribution >= 0.6 is 0 Å². The Bertz CT molecular complexity index is 507. The molecule has 1 N–H and O–H groups in total. The Labute approximate surface area is 138 Å². The molecule has 2 heterocycles. The van der Waals surface area contributed by atoms with Crippen molar-refractivity contribution in [3.8, 4) is 0 Å². The fourth-order valence-electron chi connectivity index (χ4n) is 2.90. The van der Waals surface area contributed by atoms with Crippen LogP contribution < -0.4 is 5.32 Å². The maximum absolute atomic E-state index is 11.9. The van der Waals surface area contributed by atoms with Crippen molar-refractivity contribution in [3.63, 3.8) is 0 Å². The quantitative estimate of drug-likeness (QED) is 0.702. The zero-order valence-corrected chi connectivity index (χ0v) is 14.6. The molecule has 1 aliphatic rings. The summed E-state index contributed by atoms with van der Waals surface area (Å²) in [5.41, 5.74) is 3.33. The number of hydrogen-bond donors (Lipinski definition) is 1. The van der Waals surface area contributed by atoms with Gasteiger partial charge in [0.1, 0.15) is 0 Å². The first-order valence-corrected chi connectivity index (χ1v) is 8.53. The lowest BCUT2D eigenvalue weighted by Gasteiger charge is -2.10. The summed E-state index contributed by atoms with van der Waals surface area (Å²) >= 11 is 0. The van der Waals surface area contributed by atoms with E-state index in [1.54, 1.807) is 0 Å². The van der Waals surface area contributed by atoms with Gasteiger partial charge in [-0.2, -0.15) is 5.10 Å². The molecule has 130 valence electrons. The van der Waals surface area contributed by atoms with E-state index in [9.17, 15) is 4.79 Å². The minimum Gasteiger partial charge on any atom is -0.379 e. The van der Waals surface area contributed by atoms with Crippen LogP contribution in [0.4, 0.5) is 0 Å². The maximum Gasteiger partial charge on any atom is 0.220 e. The first kappa shape index (κ1) is 17.9. The van der Waals surface area contributed by atoms with E-state index < -0.39 is 0 Å². The Balaban J connectivity index is 1.53. The number of nitrogens with one attached hydrogen (secondary N) is 1. The van der Waals surface area contributed by atoms with Crippen molar-refractivity contribution in [2.75, 3.05) is 26.4 Å². The van der Waals surface area contributed by atoms with Crippen molar-refractivity contribution in [1.29, 1.82) is 0 Å². The lowest BCUT2D eigenvalue weighted by atomic mass is 10.1. The molecule has 0 saturated carbocycles. The second kappa shape index (κ2) is 9.03. The van der Waals surface area contributed by atoms with Gasteiger partial charge in [-0.15, -0.1) is 0 Å². The SMILES string of the molecule is Cc1nn(C)c(C)c1CCC(=O)NCCCOCC1CCCO1. The van der Waals surface area contributed by atoms with E-state index in [4.69, 9.17) is 9.47 Å². The molecule has 1 aliphatic heterocycles. The van der Waals surface area contributed by atoms with E-state index in [0.29, 0.717) is 26.2 Å². The molecule has 1 aromatic heterocycles. The lowest BCUT2D eigenvalue weighted by molar-refractivity contribution is -0.121. The van der Waals surface area contributed by atoms with Crippen LogP contribution in [0.3, 0.4) is 0 Å². The summed E-state index contributed by atoms with van der Waals surface area (Å²) in [4.78, 5) is 11.9. The molecule has 0 bridgehead atoms. The van der Waals surface area contributed by atoms with Gasteiger partial charge in [-0.25, -0.2) is 0 Å². The number of nitrogens with zero attached hydrogens (tertiary/aromatic N) is 2. The third-order valence-corrected chi connectivity index (χ3v) is 4.38. The van der Waals surface area contributed by atoms with Crippen LogP contribution in [0.2, 0.25) is 0 Å². The third-order valence-electron chi connectivity index (χ3n) is 4.38. The second-order valence-corrected chi connectivity index (χ2v) is 6.19. The van der Waals surface area contributed by atoms with Crippen molar-refractivity contribution in [2.24, 2.45) is 7.05 Å². The average Bonchev–Trinajstić information content (AvgIpc) is 3.11. The van der Waals surface area contributed by atoms with Crippen LogP contribution in [0.15, 0.2) is 0 Å². The summed E-state index contributed by atoms with van der Waals surface area (Å²) in [6.45, 7) is 6.90. The van der Waals surface area contributed by atoms with Crippen molar-refractivity contribution < 1.29 is 14.3 Å². The van der Waals surface area contributed by atoms with Crippen molar-refractivity contribution >= 4 is 5.91 Å². The van der Waals surface area contributed by atoms with Crippen LogP contribution in [0, 0.1) is 13.8 Å². The number of rotatable bonds is 9. The van der Waals surface area contributed by atoms with E-state index in [1.165, 1.54) is 5.56 Å². The predicted molar refractivity (Wildman–Crippen MR) is 88.4 cm³/mol. The van der Waals surface area contributed by atoms with Gasteiger partial charge < -0.3 is 14.8 Å². The fourth-order valence-corrected chi connectivity index (χ4v) is 2.90. The monoisotopic (exact) mass is 323 g/mol. The molecule has 0 radical (unpaired) electrons. The van der Waals surface area contributed by atoms with Gasteiger partial charge in [0.05, 0.1) is 18.4 Å². The first-order valence-electron chi connectivity index (χ1n) is 8.53. The van der Waals surface area contributed by atoms with Crippen LogP contribution in [0.5, 0.6) is 0 Å². The standard InChI is InChI=1S/C17H29N3O3/c1-13-16(14(2)20(3)19-13)7-8-17(21)18-9-5-10-22-12-15-6-4-11-23-15/h15H,4-12H2,1-3H3,(H,18,21). The molecule has 6 heteroatoms. The van der Waals surface area contributed by atoms with Gasteiger partial charge in [-0.1, -0.05) is 0 Å². The van der Waals surface area contributed by atoms with E-state index in [2.05, 4.69) is 10.4 Å². The molecular formula is C17H29N3O3. The molecule has 1 amide bonds. The number of ether oxygens (including phenoxy) is 2. The Morgan fingerprint density at radius 3 is 2.96 bits per heavy atom. The summed E-state index contributed by atoms with van der Waals surface area (Å²) < 4.78 is 12.9. The zero-order valence-electron chi connectivity index (χ0n) is 14.6.